The van der Waals surface area contributed by atoms with Gasteiger partial charge >= 0.3 is 0 Å². The summed E-state index contributed by atoms with van der Waals surface area (Å²) >= 11 is 0. The number of rotatable bonds is 9. The Kier molecular flexibility index (Phi) is 10.4. The molecule has 7 nitrogen and oxygen atoms in total. The molecule has 0 saturated heterocycles. The first-order chi connectivity index (χ1) is 12.1. The summed E-state index contributed by atoms with van der Waals surface area (Å²) in [7, 11) is 0. The Bertz CT molecular complexity index is 554. The lowest BCUT2D eigenvalue weighted by Crippen LogP contribution is -2.47. The number of fused-ring (bicyclic) bond motifs is 1. The van der Waals surface area contributed by atoms with Crippen LogP contribution in [0.15, 0.2) is 4.99 Å². The molecule has 8 heteroatoms. The molecule has 0 fully saturated rings. The Balaban J connectivity index is 0.00000338. The molecule has 0 atom stereocenters. The molecule has 150 valence electrons. The van der Waals surface area contributed by atoms with E-state index in [0.29, 0.717) is 13.1 Å². The topological polar surface area (TPSA) is 87.4 Å². The molecule has 0 radical (unpaired) electrons. The van der Waals surface area contributed by atoms with Gasteiger partial charge in [-0.25, -0.2) is 4.99 Å². The molecular weight excluding hydrogens is 443 g/mol. The zero-order valence-electron chi connectivity index (χ0n) is 16.4. The molecule has 0 spiro atoms. The van der Waals surface area contributed by atoms with Gasteiger partial charge in [0.2, 0.25) is 0 Å². The second kappa shape index (κ2) is 11.7. The number of aliphatic imine (C=N–C) groups is 1. The zero-order valence-corrected chi connectivity index (χ0v) is 18.8. The van der Waals surface area contributed by atoms with Crippen LogP contribution in [0.3, 0.4) is 0 Å². The lowest BCUT2D eigenvalue weighted by atomic mass is 9.93. The van der Waals surface area contributed by atoms with Gasteiger partial charge in [0.25, 0.3) is 0 Å². The third-order valence-corrected chi connectivity index (χ3v) is 4.67. The quantitative estimate of drug-likeness (QED) is 0.289. The minimum Gasteiger partial charge on any atom is -0.388 e. The third kappa shape index (κ3) is 6.68. The Morgan fingerprint density at radius 3 is 2.54 bits per heavy atom. The predicted octanol–water partition coefficient (Wildman–Crippen LogP) is 2.62. The monoisotopic (exact) mass is 478 g/mol. The predicted molar refractivity (Wildman–Crippen MR) is 116 cm³/mol. The van der Waals surface area contributed by atoms with Gasteiger partial charge in [-0.3, -0.25) is 0 Å². The molecular formula is C18H35IN6O. The number of nitrogens with one attached hydrogen (secondary N) is 2. The number of guanidine groups is 1. The average Bonchev–Trinajstić information content (AvgIpc) is 3.01. The minimum atomic E-state index is -0.673. The number of hydrogen-bond donors (Lipinski definition) is 3. The molecule has 1 aliphatic rings. The fourth-order valence-corrected chi connectivity index (χ4v) is 3.46. The smallest absolute Gasteiger partial charge is 0.191 e. The first-order valence-corrected chi connectivity index (χ1v) is 9.77. The van der Waals surface area contributed by atoms with Crippen molar-refractivity contribution in [2.24, 2.45) is 4.99 Å². The van der Waals surface area contributed by atoms with Gasteiger partial charge in [0.05, 0.1) is 5.60 Å². The summed E-state index contributed by atoms with van der Waals surface area (Å²) in [6.45, 7) is 9.04. The van der Waals surface area contributed by atoms with Gasteiger partial charge in [0, 0.05) is 26.1 Å². The zero-order chi connectivity index (χ0) is 18.1. The number of halogens is 1. The Hall–Kier alpha value is -0.900. The van der Waals surface area contributed by atoms with Gasteiger partial charge in [-0.1, -0.05) is 26.7 Å². The van der Waals surface area contributed by atoms with Crippen molar-refractivity contribution in [3.63, 3.8) is 0 Å². The Morgan fingerprint density at radius 2 is 1.88 bits per heavy atom. The molecule has 0 amide bonds. The van der Waals surface area contributed by atoms with Crippen LogP contribution >= 0.6 is 24.0 Å². The van der Waals surface area contributed by atoms with Crippen LogP contribution in [0.25, 0.3) is 0 Å². The molecule has 26 heavy (non-hydrogen) atoms. The minimum absolute atomic E-state index is 0. The fraction of sp³-hybridized carbons (Fsp3) is 0.833. The van der Waals surface area contributed by atoms with E-state index in [1.54, 1.807) is 0 Å². The highest BCUT2D eigenvalue weighted by Crippen LogP contribution is 2.18. The molecule has 2 rings (SSSR count). The first-order valence-electron chi connectivity index (χ1n) is 9.77. The van der Waals surface area contributed by atoms with Crippen molar-refractivity contribution >= 4 is 29.9 Å². The number of nitrogens with zero attached hydrogens (tertiary/aromatic N) is 4. The van der Waals surface area contributed by atoms with Crippen molar-refractivity contribution < 1.29 is 5.11 Å². The van der Waals surface area contributed by atoms with E-state index in [2.05, 4.69) is 44.2 Å². The van der Waals surface area contributed by atoms with Gasteiger partial charge in [-0.05, 0) is 32.6 Å². The van der Waals surface area contributed by atoms with E-state index in [9.17, 15) is 5.11 Å². The summed E-state index contributed by atoms with van der Waals surface area (Å²) in [5.74, 6) is 2.72. The molecule has 1 aromatic rings. The highest BCUT2D eigenvalue weighted by atomic mass is 127. The van der Waals surface area contributed by atoms with Crippen molar-refractivity contribution in [1.29, 1.82) is 0 Å². The van der Waals surface area contributed by atoms with Crippen molar-refractivity contribution in [2.45, 2.75) is 84.4 Å². The summed E-state index contributed by atoms with van der Waals surface area (Å²) in [6, 6.07) is 0. The van der Waals surface area contributed by atoms with Crippen LogP contribution in [-0.4, -0.2) is 44.5 Å². The van der Waals surface area contributed by atoms with Crippen LogP contribution in [0.4, 0.5) is 0 Å². The van der Waals surface area contributed by atoms with Crippen LogP contribution < -0.4 is 10.6 Å². The molecule has 0 bridgehead atoms. The summed E-state index contributed by atoms with van der Waals surface area (Å²) in [5, 5.41) is 25.9. The van der Waals surface area contributed by atoms with Gasteiger partial charge in [-0.15, -0.1) is 34.2 Å². The van der Waals surface area contributed by atoms with E-state index in [0.717, 1.165) is 62.8 Å². The summed E-state index contributed by atoms with van der Waals surface area (Å²) in [5.41, 5.74) is -0.673. The molecule has 0 unspecified atom stereocenters. The van der Waals surface area contributed by atoms with Gasteiger partial charge in [-0.2, -0.15) is 0 Å². The molecule has 2 heterocycles. The largest absolute Gasteiger partial charge is 0.388 e. The summed E-state index contributed by atoms with van der Waals surface area (Å²) in [6.07, 6.45) is 6.92. The molecule has 1 aromatic heterocycles. The average molecular weight is 478 g/mol. The number of hydrogen-bond acceptors (Lipinski definition) is 4. The van der Waals surface area contributed by atoms with Crippen LogP contribution in [0, 0.1) is 0 Å². The molecule has 0 aromatic carbocycles. The molecule has 0 aliphatic carbocycles. The number of aliphatic hydroxyl groups is 1. The Morgan fingerprint density at radius 1 is 1.15 bits per heavy atom. The van der Waals surface area contributed by atoms with E-state index in [-0.39, 0.29) is 24.0 Å². The van der Waals surface area contributed by atoms with Gasteiger partial charge in [0.15, 0.2) is 11.8 Å². The maximum Gasteiger partial charge on any atom is 0.191 e. The van der Waals surface area contributed by atoms with E-state index >= 15 is 0 Å². The van der Waals surface area contributed by atoms with Gasteiger partial charge < -0.3 is 20.3 Å². The van der Waals surface area contributed by atoms with E-state index in [1.165, 1.54) is 12.8 Å². The number of aryl methyl sites for hydroxylation is 1. The SMILES string of the molecule is CCCC(O)(CCC)CNC(=NCc1nnc2n1CCCC2)NCC.I. The van der Waals surface area contributed by atoms with Crippen molar-refractivity contribution in [2.75, 3.05) is 13.1 Å². The maximum absolute atomic E-state index is 10.8. The van der Waals surface area contributed by atoms with E-state index in [4.69, 9.17) is 0 Å². The van der Waals surface area contributed by atoms with E-state index in [1.807, 2.05) is 6.92 Å². The molecule has 1 aliphatic heterocycles. The Labute approximate surface area is 174 Å². The highest BCUT2D eigenvalue weighted by Gasteiger charge is 2.25. The second-order valence-electron chi connectivity index (χ2n) is 6.91. The lowest BCUT2D eigenvalue weighted by molar-refractivity contribution is 0.0257. The number of aromatic nitrogens is 3. The van der Waals surface area contributed by atoms with Crippen molar-refractivity contribution in [1.82, 2.24) is 25.4 Å². The van der Waals surface area contributed by atoms with Crippen LogP contribution in [-0.2, 0) is 19.5 Å². The van der Waals surface area contributed by atoms with Crippen LogP contribution in [0.5, 0.6) is 0 Å². The summed E-state index contributed by atoms with van der Waals surface area (Å²) < 4.78 is 2.20. The standard InChI is InChI=1S/C18H34N6O.HI/c1-4-10-18(25,11-5-2)14-21-17(19-6-3)20-13-16-23-22-15-9-7-8-12-24(15)16;/h25H,4-14H2,1-3H3,(H2,19,20,21);1H. The van der Waals surface area contributed by atoms with E-state index < -0.39 is 5.60 Å². The molecule has 0 saturated carbocycles. The van der Waals surface area contributed by atoms with Crippen molar-refractivity contribution in [3.8, 4) is 0 Å². The van der Waals surface area contributed by atoms with Gasteiger partial charge in [0.1, 0.15) is 12.4 Å². The van der Waals surface area contributed by atoms with Crippen LogP contribution in [0.2, 0.25) is 0 Å². The second-order valence-corrected chi connectivity index (χ2v) is 6.91. The highest BCUT2D eigenvalue weighted by molar-refractivity contribution is 14.0. The summed E-state index contributed by atoms with van der Waals surface area (Å²) in [4.78, 5) is 4.65. The maximum atomic E-state index is 10.8. The normalized spacial score (nSPS) is 14.5. The molecule has 3 N–H and O–H groups in total. The third-order valence-electron chi connectivity index (χ3n) is 4.67. The first kappa shape index (κ1) is 23.1. The fourth-order valence-electron chi connectivity index (χ4n) is 3.46. The van der Waals surface area contributed by atoms with Crippen molar-refractivity contribution in [3.05, 3.63) is 11.6 Å². The van der Waals surface area contributed by atoms with Crippen LogP contribution in [0.1, 0.15) is 70.9 Å². The lowest BCUT2D eigenvalue weighted by Gasteiger charge is -2.28.